The second-order valence-electron chi connectivity index (χ2n) is 5.84. The molecule has 0 aliphatic carbocycles. The Morgan fingerprint density at radius 2 is 1.78 bits per heavy atom. The minimum atomic E-state index is -0.514. The highest BCUT2D eigenvalue weighted by molar-refractivity contribution is 5.86. The fourth-order valence-electron chi connectivity index (χ4n) is 2.35. The van der Waals surface area contributed by atoms with E-state index in [2.05, 4.69) is 11.5 Å². The summed E-state index contributed by atoms with van der Waals surface area (Å²) in [6.45, 7) is 9.32. The van der Waals surface area contributed by atoms with Crippen LogP contribution in [0.4, 0.5) is 0 Å². The molecule has 1 aliphatic heterocycles. The van der Waals surface area contributed by atoms with Gasteiger partial charge in [-0.1, -0.05) is 6.58 Å². The minimum absolute atomic E-state index is 0.0130. The summed E-state index contributed by atoms with van der Waals surface area (Å²) in [5.74, 6) is -1.01. The number of esters is 2. The number of hydrogen-bond donors (Lipinski definition) is 0. The standard InChI is InChI=1S/C16H26N2O5/c1-12(2)16(21)23-10-9-22-15(20)6-5-14(19)18-8-7-17(4)11-13(18)3/h13H,1,5-11H2,2-4H3. The third kappa shape index (κ3) is 6.81. The number of amides is 1. The van der Waals surface area contributed by atoms with Crippen LogP contribution in [0.5, 0.6) is 0 Å². The lowest BCUT2D eigenvalue weighted by molar-refractivity contribution is -0.151. The summed E-state index contributed by atoms with van der Waals surface area (Å²) in [5.41, 5.74) is 0.295. The number of likely N-dealkylation sites (N-methyl/N-ethyl adjacent to an activating group) is 1. The lowest BCUT2D eigenvalue weighted by atomic mass is 10.1. The molecule has 7 heteroatoms. The fraction of sp³-hybridized carbons (Fsp3) is 0.688. The highest BCUT2D eigenvalue weighted by Crippen LogP contribution is 2.10. The van der Waals surface area contributed by atoms with E-state index in [1.54, 1.807) is 6.92 Å². The Kier molecular flexibility index (Phi) is 7.74. The molecule has 0 bridgehead atoms. The van der Waals surface area contributed by atoms with Crippen molar-refractivity contribution < 1.29 is 23.9 Å². The Hall–Kier alpha value is -1.89. The molecule has 0 aromatic heterocycles. The maximum absolute atomic E-state index is 12.1. The van der Waals surface area contributed by atoms with Crippen LogP contribution in [0.3, 0.4) is 0 Å². The molecule has 7 nitrogen and oxygen atoms in total. The summed E-state index contributed by atoms with van der Waals surface area (Å²) >= 11 is 0. The molecule has 23 heavy (non-hydrogen) atoms. The van der Waals surface area contributed by atoms with Gasteiger partial charge < -0.3 is 19.3 Å². The number of rotatable bonds is 7. The summed E-state index contributed by atoms with van der Waals surface area (Å²) in [5, 5.41) is 0. The van der Waals surface area contributed by atoms with Gasteiger partial charge >= 0.3 is 11.9 Å². The van der Waals surface area contributed by atoms with E-state index in [0.29, 0.717) is 12.1 Å². The SMILES string of the molecule is C=C(C)C(=O)OCCOC(=O)CCC(=O)N1CCN(C)CC1C. The first kappa shape index (κ1) is 19.2. The van der Waals surface area contributed by atoms with Gasteiger partial charge in [0, 0.05) is 37.7 Å². The molecular formula is C16H26N2O5. The first-order chi connectivity index (χ1) is 10.8. The molecular weight excluding hydrogens is 300 g/mol. The Labute approximate surface area is 137 Å². The van der Waals surface area contributed by atoms with Gasteiger partial charge in [0.05, 0.1) is 6.42 Å². The second kappa shape index (κ2) is 9.29. The second-order valence-corrected chi connectivity index (χ2v) is 5.84. The monoisotopic (exact) mass is 326 g/mol. The van der Waals surface area contributed by atoms with Gasteiger partial charge in [-0.25, -0.2) is 4.79 Å². The molecule has 0 spiro atoms. The molecule has 1 heterocycles. The molecule has 0 saturated carbocycles. The molecule has 0 N–H and O–H groups in total. The predicted molar refractivity (Wildman–Crippen MR) is 84.6 cm³/mol. The summed E-state index contributed by atoms with van der Waals surface area (Å²) in [6.07, 6.45) is 0.171. The average molecular weight is 326 g/mol. The smallest absolute Gasteiger partial charge is 0.333 e. The van der Waals surface area contributed by atoms with E-state index in [9.17, 15) is 14.4 Å². The molecule has 1 atom stereocenters. The Bertz CT molecular complexity index is 463. The van der Waals surface area contributed by atoms with Crippen molar-refractivity contribution in [3.63, 3.8) is 0 Å². The van der Waals surface area contributed by atoms with Crippen molar-refractivity contribution in [2.75, 3.05) is 39.9 Å². The highest BCUT2D eigenvalue weighted by atomic mass is 16.6. The van der Waals surface area contributed by atoms with Crippen LogP contribution in [-0.4, -0.2) is 73.6 Å². The molecule has 1 fully saturated rings. The van der Waals surface area contributed by atoms with Gasteiger partial charge in [-0.05, 0) is 20.9 Å². The number of nitrogens with zero attached hydrogens (tertiary/aromatic N) is 2. The van der Waals surface area contributed by atoms with Crippen LogP contribution in [0.15, 0.2) is 12.2 Å². The number of ether oxygens (including phenoxy) is 2. The number of carbonyl (C=O) groups excluding carboxylic acids is 3. The lowest BCUT2D eigenvalue weighted by Crippen LogP contribution is -2.52. The van der Waals surface area contributed by atoms with Crippen molar-refractivity contribution in [1.82, 2.24) is 9.80 Å². The first-order valence-electron chi connectivity index (χ1n) is 7.77. The van der Waals surface area contributed by atoms with Crippen molar-refractivity contribution in [3.8, 4) is 0 Å². The maximum atomic E-state index is 12.1. The van der Waals surface area contributed by atoms with Crippen molar-refractivity contribution in [2.45, 2.75) is 32.7 Å². The molecule has 1 amide bonds. The molecule has 0 radical (unpaired) electrons. The number of hydrogen-bond acceptors (Lipinski definition) is 6. The van der Waals surface area contributed by atoms with Crippen LogP contribution in [0.25, 0.3) is 0 Å². The van der Waals surface area contributed by atoms with E-state index >= 15 is 0 Å². The van der Waals surface area contributed by atoms with Gasteiger partial charge in [0.25, 0.3) is 0 Å². The molecule has 1 unspecified atom stereocenters. The summed E-state index contributed by atoms with van der Waals surface area (Å²) in [4.78, 5) is 38.8. The van der Waals surface area contributed by atoms with Crippen LogP contribution in [-0.2, 0) is 23.9 Å². The molecule has 1 rings (SSSR count). The lowest BCUT2D eigenvalue weighted by Gasteiger charge is -2.38. The topological polar surface area (TPSA) is 76.1 Å². The largest absolute Gasteiger partial charge is 0.462 e. The molecule has 1 saturated heterocycles. The quantitative estimate of drug-likeness (QED) is 0.387. The Morgan fingerprint density at radius 3 is 2.39 bits per heavy atom. The van der Waals surface area contributed by atoms with Crippen molar-refractivity contribution in [2.24, 2.45) is 0 Å². The van der Waals surface area contributed by atoms with E-state index in [1.165, 1.54) is 0 Å². The van der Waals surface area contributed by atoms with Gasteiger partial charge in [0.15, 0.2) is 0 Å². The predicted octanol–water partition coefficient (Wildman–Crippen LogP) is 0.592. The Morgan fingerprint density at radius 1 is 1.13 bits per heavy atom. The van der Waals surface area contributed by atoms with E-state index in [1.807, 2.05) is 18.9 Å². The van der Waals surface area contributed by atoms with Crippen LogP contribution in [0, 0.1) is 0 Å². The zero-order valence-corrected chi connectivity index (χ0v) is 14.2. The zero-order chi connectivity index (χ0) is 17.4. The minimum Gasteiger partial charge on any atom is -0.462 e. The van der Waals surface area contributed by atoms with Gasteiger partial charge in [0.2, 0.25) is 5.91 Å². The third-order valence-electron chi connectivity index (χ3n) is 3.62. The summed E-state index contributed by atoms with van der Waals surface area (Å²) in [7, 11) is 2.02. The maximum Gasteiger partial charge on any atom is 0.333 e. The van der Waals surface area contributed by atoms with E-state index < -0.39 is 11.9 Å². The normalized spacial score (nSPS) is 18.4. The molecule has 0 aromatic rings. The highest BCUT2D eigenvalue weighted by Gasteiger charge is 2.25. The van der Waals surface area contributed by atoms with Gasteiger partial charge in [-0.15, -0.1) is 0 Å². The average Bonchev–Trinajstić information content (AvgIpc) is 2.48. The summed E-state index contributed by atoms with van der Waals surface area (Å²) in [6, 6.07) is 0.152. The van der Waals surface area contributed by atoms with E-state index in [4.69, 9.17) is 9.47 Å². The van der Waals surface area contributed by atoms with E-state index in [-0.39, 0.29) is 38.0 Å². The van der Waals surface area contributed by atoms with Crippen LogP contribution >= 0.6 is 0 Å². The van der Waals surface area contributed by atoms with E-state index in [0.717, 1.165) is 13.1 Å². The van der Waals surface area contributed by atoms with Crippen molar-refractivity contribution >= 4 is 17.8 Å². The van der Waals surface area contributed by atoms with Crippen LogP contribution in [0.1, 0.15) is 26.7 Å². The first-order valence-corrected chi connectivity index (χ1v) is 7.77. The van der Waals surface area contributed by atoms with Gasteiger partial charge in [-0.2, -0.15) is 0 Å². The van der Waals surface area contributed by atoms with Crippen molar-refractivity contribution in [3.05, 3.63) is 12.2 Å². The number of piperazine rings is 1. The fourth-order valence-corrected chi connectivity index (χ4v) is 2.35. The molecule has 130 valence electrons. The van der Waals surface area contributed by atoms with Crippen molar-refractivity contribution in [1.29, 1.82) is 0 Å². The Balaban J connectivity index is 2.19. The van der Waals surface area contributed by atoms with Gasteiger partial charge in [-0.3, -0.25) is 9.59 Å². The number of carbonyl (C=O) groups is 3. The zero-order valence-electron chi connectivity index (χ0n) is 14.2. The molecule has 1 aliphatic rings. The molecule has 0 aromatic carbocycles. The van der Waals surface area contributed by atoms with Gasteiger partial charge in [0.1, 0.15) is 13.2 Å². The van der Waals surface area contributed by atoms with Crippen LogP contribution < -0.4 is 0 Å². The van der Waals surface area contributed by atoms with Crippen LogP contribution in [0.2, 0.25) is 0 Å². The summed E-state index contributed by atoms with van der Waals surface area (Å²) < 4.78 is 9.73. The third-order valence-corrected chi connectivity index (χ3v) is 3.62.